The highest BCUT2D eigenvalue weighted by atomic mass is 16.6. The van der Waals surface area contributed by atoms with Gasteiger partial charge in [-0.25, -0.2) is 4.79 Å². The molecule has 4 aromatic rings. The molecule has 1 aliphatic carbocycles. The highest BCUT2D eigenvalue weighted by Gasteiger charge is 2.21. The lowest BCUT2D eigenvalue weighted by Crippen LogP contribution is -2.29. The van der Waals surface area contributed by atoms with E-state index in [0.717, 1.165) is 24.3 Å². The van der Waals surface area contributed by atoms with Crippen LogP contribution < -0.4 is 9.64 Å². The molecule has 0 bridgehead atoms. The number of esters is 1. The summed E-state index contributed by atoms with van der Waals surface area (Å²) in [6.45, 7) is 2.35. The Balaban J connectivity index is 1.29. The molecule has 0 aliphatic heterocycles. The Morgan fingerprint density at radius 1 is 1.09 bits per heavy atom. The summed E-state index contributed by atoms with van der Waals surface area (Å²) in [6, 6.07) is 23.5. The third-order valence-electron chi connectivity index (χ3n) is 6.63. The number of aromatic nitrogens is 1. The van der Waals surface area contributed by atoms with Gasteiger partial charge in [-0.2, -0.15) is 4.98 Å². The van der Waals surface area contributed by atoms with E-state index in [4.69, 9.17) is 33.0 Å². The van der Waals surface area contributed by atoms with Crippen molar-refractivity contribution in [2.45, 2.75) is 63.9 Å². The highest BCUT2D eigenvalue weighted by Crippen LogP contribution is 2.25. The number of oxazole rings is 1. The zero-order valence-electron chi connectivity index (χ0n) is 31.2. The fraction of sp³-hybridized carbons (Fsp3) is 0.371. The number of nitrogens with zero attached hydrogens (tertiary/aromatic N) is 2. The lowest BCUT2D eigenvalue weighted by Gasteiger charge is -2.24. The zero-order chi connectivity index (χ0) is 36.2. The third kappa shape index (κ3) is 8.69. The molecule has 0 spiro atoms. The highest BCUT2D eigenvalue weighted by molar-refractivity contribution is 5.75. The number of carbonyl (C=O) groups excluding carboxylic acids is 1. The first kappa shape index (κ1) is 22.4. The largest absolute Gasteiger partial charge is 0.479 e. The van der Waals surface area contributed by atoms with Gasteiger partial charge in [0.05, 0.1) is 16.3 Å². The molecule has 0 radical (unpaired) electrons. The molecule has 5 rings (SSSR count). The quantitative estimate of drug-likeness (QED) is 0.0841. The molecule has 3 atom stereocenters. The number of carbonyl (C=O) groups is 1. The van der Waals surface area contributed by atoms with Crippen LogP contribution in [0.15, 0.2) is 95.4 Å². The second-order valence-corrected chi connectivity index (χ2v) is 9.78. The van der Waals surface area contributed by atoms with Gasteiger partial charge in [0, 0.05) is 32.3 Å². The van der Waals surface area contributed by atoms with Crippen LogP contribution >= 0.6 is 0 Å². The summed E-state index contributed by atoms with van der Waals surface area (Å²) in [4.78, 5) is 19.3. The van der Waals surface area contributed by atoms with E-state index in [-0.39, 0.29) is 26.2 Å². The number of benzene rings is 3. The van der Waals surface area contributed by atoms with Crippen LogP contribution in [0.1, 0.15) is 53.2 Å². The molecule has 1 aliphatic rings. The maximum atomic E-state index is 12.8. The van der Waals surface area contributed by atoms with E-state index in [1.165, 1.54) is 0 Å². The third-order valence-corrected chi connectivity index (χ3v) is 6.63. The monoisotopic (exact) mass is 591 g/mol. The first-order valence-electron chi connectivity index (χ1n) is 17.7. The number of hydrogen-bond acceptors (Lipinski definition) is 8. The lowest BCUT2D eigenvalue weighted by molar-refractivity contribution is -0.153. The summed E-state index contributed by atoms with van der Waals surface area (Å²) in [5.41, 5.74) is 2.90. The van der Waals surface area contributed by atoms with Gasteiger partial charge in [0.2, 0.25) is 0 Å². The summed E-state index contributed by atoms with van der Waals surface area (Å²) in [6.07, 6.45) is -10.7. The van der Waals surface area contributed by atoms with Crippen LogP contribution in [-0.4, -0.2) is 49.5 Å². The summed E-state index contributed by atoms with van der Waals surface area (Å²) in [5, 5.41) is 0. The van der Waals surface area contributed by atoms with Crippen molar-refractivity contribution in [2.75, 3.05) is 25.2 Å². The second-order valence-electron chi connectivity index (χ2n) is 9.78. The molecule has 3 aromatic carbocycles. The van der Waals surface area contributed by atoms with Crippen molar-refractivity contribution in [1.82, 2.24) is 4.98 Å². The molecule has 43 heavy (non-hydrogen) atoms. The first-order valence-corrected chi connectivity index (χ1v) is 14.2. The normalized spacial score (nSPS) is 25.4. The molecule has 226 valence electrons. The van der Waals surface area contributed by atoms with Gasteiger partial charge in [0.15, 0.2) is 11.7 Å². The minimum atomic E-state index is -3.07. The van der Waals surface area contributed by atoms with E-state index in [2.05, 4.69) is 4.98 Å². The Labute approximate surface area is 263 Å². The van der Waals surface area contributed by atoms with E-state index in [9.17, 15) is 4.79 Å². The smallest absolute Gasteiger partial charge is 0.347 e. The number of para-hydroxylation sites is 2. The summed E-state index contributed by atoms with van der Waals surface area (Å²) in [7, 11) is 1.02. The van der Waals surface area contributed by atoms with Crippen molar-refractivity contribution in [1.29, 1.82) is 0 Å². The zero-order valence-corrected chi connectivity index (χ0v) is 24.2. The van der Waals surface area contributed by atoms with Crippen LogP contribution in [-0.2, 0) is 32.2 Å². The van der Waals surface area contributed by atoms with Crippen molar-refractivity contribution >= 4 is 23.1 Å². The molecule has 0 saturated carbocycles. The van der Waals surface area contributed by atoms with Gasteiger partial charge in [-0.05, 0) is 61.0 Å². The molecule has 0 amide bonds. The fourth-order valence-corrected chi connectivity index (χ4v) is 4.41. The van der Waals surface area contributed by atoms with E-state index >= 15 is 0 Å². The Morgan fingerprint density at radius 3 is 2.70 bits per heavy atom. The predicted molar refractivity (Wildman–Crippen MR) is 166 cm³/mol. The number of ether oxygens (including phenoxy) is 4. The maximum absolute atomic E-state index is 12.8. The molecule has 2 unspecified atom stereocenters. The topological polar surface area (TPSA) is 83.3 Å². The average Bonchev–Trinajstić information content (AvgIpc) is 3.55. The standard InChI is InChI=1S/C35H40N2O6/c1-3-32(34(38)41-25-26-11-5-4-6-12-26)42-30-14-9-13-27(23-30)24-37(35-36-31-15-7-8-16-33(31)43-35)21-10-22-40-29-19-17-28(39-2)18-20-29/h4-9,11-17,19,23,28-29,32H,3,10,18,20-22,24-25H2,1-2H3/t28?,29?,32-/m1/s1/i17D,18D2,20D2,28D,29D. The Hall–Kier alpha value is -4.14. The summed E-state index contributed by atoms with van der Waals surface area (Å²) < 4.78 is 86.8. The van der Waals surface area contributed by atoms with Crippen molar-refractivity contribution in [3.63, 3.8) is 0 Å². The number of fused-ring (bicyclic) bond motifs is 1. The van der Waals surface area contributed by atoms with Crippen molar-refractivity contribution < 1.29 is 37.8 Å². The molecular formula is C35H40N2O6. The van der Waals surface area contributed by atoms with Gasteiger partial charge in [-0.15, -0.1) is 0 Å². The van der Waals surface area contributed by atoms with Crippen molar-refractivity contribution in [3.8, 4) is 5.75 Å². The van der Waals surface area contributed by atoms with Crippen LogP contribution in [0, 0.1) is 0 Å². The van der Waals surface area contributed by atoms with Gasteiger partial charge >= 0.3 is 5.97 Å². The summed E-state index contributed by atoms with van der Waals surface area (Å²) >= 11 is 0. The van der Waals surface area contributed by atoms with Gasteiger partial charge in [-0.3, -0.25) is 0 Å². The SMILES string of the molecule is [2H]C1=CC([2H])(OCCCN(Cc2cccc(O[C@H](CC)C(=O)OCc3ccccc3)c2)c2nc3ccccc3o2)C([2H])([2H])C([2H])([2H])C1([2H])OC. The van der Waals surface area contributed by atoms with Crippen LogP contribution in [0.3, 0.4) is 0 Å². The van der Waals surface area contributed by atoms with Crippen molar-refractivity contribution in [3.05, 3.63) is 102 Å². The van der Waals surface area contributed by atoms with E-state index in [0.29, 0.717) is 35.8 Å². The van der Waals surface area contributed by atoms with Crippen molar-refractivity contribution in [2.24, 2.45) is 0 Å². The minimum absolute atomic E-state index is 0.139. The molecule has 8 heteroatoms. The number of methoxy groups -OCH3 is 1. The van der Waals surface area contributed by atoms with E-state index in [1.807, 2.05) is 66.4 Å². The second kappa shape index (κ2) is 15.4. The predicted octanol–water partition coefficient (Wildman–Crippen LogP) is 6.88. The first-order chi connectivity index (χ1) is 23.7. The molecular weight excluding hydrogens is 544 g/mol. The lowest BCUT2D eigenvalue weighted by atomic mass is 10.0. The molecule has 1 heterocycles. The Kier molecular flexibility index (Phi) is 8.01. The summed E-state index contributed by atoms with van der Waals surface area (Å²) in [5.74, 6) is -0.00298. The van der Waals surface area contributed by atoms with Gasteiger partial charge < -0.3 is 28.3 Å². The maximum Gasteiger partial charge on any atom is 0.347 e. The fourth-order valence-electron chi connectivity index (χ4n) is 4.41. The molecule has 1 aromatic heterocycles. The molecule has 8 nitrogen and oxygen atoms in total. The van der Waals surface area contributed by atoms with E-state index < -0.39 is 43.0 Å². The number of rotatable bonds is 15. The van der Waals surface area contributed by atoms with Crippen LogP contribution in [0.4, 0.5) is 6.01 Å². The Morgan fingerprint density at radius 2 is 1.88 bits per heavy atom. The van der Waals surface area contributed by atoms with Crippen LogP contribution in [0.2, 0.25) is 0 Å². The molecule has 0 saturated heterocycles. The van der Waals surface area contributed by atoms with Gasteiger partial charge in [0.25, 0.3) is 6.01 Å². The molecule has 0 fully saturated rings. The van der Waals surface area contributed by atoms with Crippen LogP contribution in [0.25, 0.3) is 11.1 Å². The van der Waals surface area contributed by atoms with Gasteiger partial charge in [0.1, 0.15) is 17.9 Å². The number of hydrogen-bond donors (Lipinski definition) is 0. The number of anilines is 1. The van der Waals surface area contributed by atoms with E-state index in [1.54, 1.807) is 24.3 Å². The molecule has 0 N–H and O–H groups in total. The average molecular weight is 592 g/mol. The Bertz CT molecular complexity index is 1770. The minimum Gasteiger partial charge on any atom is -0.479 e. The van der Waals surface area contributed by atoms with Crippen LogP contribution in [0.5, 0.6) is 5.75 Å². The van der Waals surface area contributed by atoms with Gasteiger partial charge in [-0.1, -0.05) is 73.6 Å².